The van der Waals surface area contributed by atoms with Crippen LogP contribution in [0.25, 0.3) is 0 Å². The molecule has 0 unspecified atom stereocenters. The molecule has 3 N–H and O–H groups in total. The number of methoxy groups -OCH3 is 1. The molecule has 100 valence electrons. The van der Waals surface area contributed by atoms with E-state index in [9.17, 15) is 0 Å². The summed E-state index contributed by atoms with van der Waals surface area (Å²) in [6.45, 7) is 4.16. The van der Waals surface area contributed by atoms with Crippen molar-refractivity contribution in [2.24, 2.45) is 11.1 Å². The molecule has 0 spiro atoms. The van der Waals surface area contributed by atoms with Gasteiger partial charge in [0.25, 0.3) is 0 Å². The largest absolute Gasteiger partial charge is 0.497 e. The summed E-state index contributed by atoms with van der Waals surface area (Å²) < 4.78 is 10.4. The lowest BCUT2D eigenvalue weighted by molar-refractivity contribution is -0.104. The molecule has 1 aromatic carbocycles. The number of nitrogens with one attached hydrogen (secondary N) is 1. The maximum atomic E-state index is 5.76. The van der Waals surface area contributed by atoms with Crippen LogP contribution in [0.4, 0.5) is 0 Å². The van der Waals surface area contributed by atoms with Gasteiger partial charge >= 0.3 is 0 Å². The molecule has 1 fully saturated rings. The fraction of sp³-hybridized carbons (Fsp3) is 0.571. The van der Waals surface area contributed by atoms with Gasteiger partial charge in [0.1, 0.15) is 5.75 Å². The molecule has 1 aliphatic heterocycles. The zero-order valence-corrected chi connectivity index (χ0v) is 10.9. The Morgan fingerprint density at radius 2 is 2.28 bits per heavy atom. The Kier molecular flexibility index (Phi) is 4.58. The Balaban J connectivity index is 1.71. The van der Waals surface area contributed by atoms with Gasteiger partial charge < -0.3 is 20.5 Å². The van der Waals surface area contributed by atoms with Crippen LogP contribution in [0.1, 0.15) is 5.56 Å². The molecular weight excluding hydrogens is 228 g/mol. The van der Waals surface area contributed by atoms with Crippen molar-refractivity contribution in [1.82, 2.24) is 5.32 Å². The van der Waals surface area contributed by atoms with Crippen molar-refractivity contribution in [3.05, 3.63) is 29.8 Å². The Hall–Kier alpha value is -1.10. The smallest absolute Gasteiger partial charge is 0.119 e. The van der Waals surface area contributed by atoms with Crippen molar-refractivity contribution in [1.29, 1.82) is 0 Å². The van der Waals surface area contributed by atoms with Crippen LogP contribution in [-0.4, -0.2) is 40.0 Å². The zero-order valence-electron chi connectivity index (χ0n) is 10.9. The van der Waals surface area contributed by atoms with Gasteiger partial charge in [0.05, 0.1) is 20.3 Å². The van der Waals surface area contributed by atoms with Crippen LogP contribution in [0.5, 0.6) is 5.75 Å². The van der Waals surface area contributed by atoms with Crippen LogP contribution >= 0.6 is 0 Å². The number of nitrogens with two attached hydrogens (primary N) is 1. The maximum absolute atomic E-state index is 5.76. The number of hydrogen-bond donors (Lipinski definition) is 2. The van der Waals surface area contributed by atoms with E-state index >= 15 is 0 Å². The fourth-order valence-corrected chi connectivity index (χ4v) is 2.10. The van der Waals surface area contributed by atoms with Gasteiger partial charge in [0.2, 0.25) is 0 Å². The van der Waals surface area contributed by atoms with E-state index in [0.717, 1.165) is 38.5 Å². The molecule has 1 heterocycles. The molecule has 18 heavy (non-hydrogen) atoms. The molecule has 0 aliphatic carbocycles. The topological polar surface area (TPSA) is 56.5 Å². The Morgan fingerprint density at radius 3 is 2.89 bits per heavy atom. The fourth-order valence-electron chi connectivity index (χ4n) is 2.10. The molecule has 1 aliphatic rings. The second-order valence-electron chi connectivity index (χ2n) is 4.98. The minimum Gasteiger partial charge on any atom is -0.497 e. The standard InChI is InChI=1S/C14H22N2O2/c1-17-13-4-2-3-12(7-13)5-6-16-9-14(8-15)10-18-11-14/h2-4,7,16H,5-6,8-11,15H2,1H3. The third kappa shape index (κ3) is 3.22. The SMILES string of the molecule is COc1cccc(CCNCC2(CN)COC2)c1. The van der Waals surface area contributed by atoms with E-state index < -0.39 is 0 Å². The van der Waals surface area contributed by atoms with Crippen LogP contribution in [-0.2, 0) is 11.2 Å². The van der Waals surface area contributed by atoms with Gasteiger partial charge in [-0.05, 0) is 30.7 Å². The summed E-state index contributed by atoms with van der Waals surface area (Å²) in [6.07, 6.45) is 0.999. The average molecular weight is 250 g/mol. The molecular formula is C14H22N2O2. The van der Waals surface area contributed by atoms with Crippen LogP contribution in [0.2, 0.25) is 0 Å². The first kappa shape index (κ1) is 13.3. The highest BCUT2D eigenvalue weighted by molar-refractivity contribution is 5.28. The second kappa shape index (κ2) is 6.18. The Morgan fingerprint density at radius 1 is 1.44 bits per heavy atom. The highest BCUT2D eigenvalue weighted by Crippen LogP contribution is 2.24. The van der Waals surface area contributed by atoms with Gasteiger partial charge in [0, 0.05) is 18.5 Å². The predicted molar refractivity (Wildman–Crippen MR) is 71.9 cm³/mol. The summed E-state index contributed by atoms with van der Waals surface area (Å²) in [5.74, 6) is 0.915. The van der Waals surface area contributed by atoms with Gasteiger partial charge in [-0.3, -0.25) is 0 Å². The van der Waals surface area contributed by atoms with Crippen LogP contribution in [0, 0.1) is 5.41 Å². The van der Waals surface area contributed by atoms with Gasteiger partial charge in [-0.15, -0.1) is 0 Å². The summed E-state index contributed by atoms with van der Waals surface area (Å²) in [5, 5.41) is 3.46. The number of ether oxygens (including phenoxy) is 2. The van der Waals surface area contributed by atoms with Crippen molar-refractivity contribution in [2.75, 3.05) is 40.0 Å². The molecule has 0 atom stereocenters. The van der Waals surface area contributed by atoms with E-state index in [0.29, 0.717) is 6.54 Å². The van der Waals surface area contributed by atoms with Crippen molar-refractivity contribution in [3.63, 3.8) is 0 Å². The minimum atomic E-state index is 0.175. The van der Waals surface area contributed by atoms with E-state index in [4.69, 9.17) is 15.2 Å². The monoisotopic (exact) mass is 250 g/mol. The Bertz CT molecular complexity index is 372. The van der Waals surface area contributed by atoms with Gasteiger partial charge in [-0.25, -0.2) is 0 Å². The van der Waals surface area contributed by atoms with Crippen LogP contribution < -0.4 is 15.8 Å². The summed E-state index contributed by atoms with van der Waals surface area (Å²) in [7, 11) is 1.69. The Labute approximate surface area is 108 Å². The summed E-state index contributed by atoms with van der Waals surface area (Å²) in [6, 6.07) is 8.18. The number of rotatable bonds is 7. The lowest BCUT2D eigenvalue weighted by atomic mass is 9.86. The zero-order chi connectivity index (χ0) is 12.8. The first-order chi connectivity index (χ1) is 8.78. The van der Waals surface area contributed by atoms with Gasteiger partial charge in [-0.2, -0.15) is 0 Å². The molecule has 0 amide bonds. The molecule has 0 radical (unpaired) electrons. The van der Waals surface area contributed by atoms with Crippen molar-refractivity contribution < 1.29 is 9.47 Å². The molecule has 0 bridgehead atoms. The van der Waals surface area contributed by atoms with E-state index in [1.807, 2.05) is 12.1 Å². The quantitative estimate of drug-likeness (QED) is 0.703. The predicted octanol–water partition coefficient (Wildman–Crippen LogP) is 0.803. The van der Waals surface area contributed by atoms with E-state index in [2.05, 4.69) is 17.4 Å². The molecule has 0 aromatic heterocycles. The highest BCUT2D eigenvalue weighted by atomic mass is 16.5. The third-order valence-electron chi connectivity index (χ3n) is 3.47. The first-order valence-corrected chi connectivity index (χ1v) is 6.39. The van der Waals surface area contributed by atoms with Gasteiger partial charge in [-0.1, -0.05) is 12.1 Å². The molecule has 4 nitrogen and oxygen atoms in total. The van der Waals surface area contributed by atoms with E-state index in [-0.39, 0.29) is 5.41 Å². The van der Waals surface area contributed by atoms with Crippen molar-refractivity contribution in [2.45, 2.75) is 6.42 Å². The minimum absolute atomic E-state index is 0.175. The number of hydrogen-bond acceptors (Lipinski definition) is 4. The highest BCUT2D eigenvalue weighted by Gasteiger charge is 2.36. The molecule has 0 saturated carbocycles. The lowest BCUT2D eigenvalue weighted by Gasteiger charge is -2.40. The molecule has 1 aromatic rings. The first-order valence-electron chi connectivity index (χ1n) is 6.39. The second-order valence-corrected chi connectivity index (χ2v) is 4.98. The molecule has 2 rings (SSSR count). The summed E-state index contributed by atoms with van der Waals surface area (Å²) in [4.78, 5) is 0. The van der Waals surface area contributed by atoms with Crippen molar-refractivity contribution in [3.8, 4) is 5.75 Å². The normalized spacial score (nSPS) is 17.2. The molecule has 4 heteroatoms. The van der Waals surface area contributed by atoms with E-state index in [1.165, 1.54) is 5.56 Å². The van der Waals surface area contributed by atoms with Crippen molar-refractivity contribution >= 4 is 0 Å². The lowest BCUT2D eigenvalue weighted by Crippen LogP contribution is -2.54. The van der Waals surface area contributed by atoms with E-state index in [1.54, 1.807) is 7.11 Å². The summed E-state index contributed by atoms with van der Waals surface area (Å²) in [5.41, 5.74) is 7.22. The third-order valence-corrected chi connectivity index (χ3v) is 3.47. The summed E-state index contributed by atoms with van der Waals surface area (Å²) >= 11 is 0. The maximum Gasteiger partial charge on any atom is 0.119 e. The van der Waals surface area contributed by atoms with Crippen LogP contribution in [0.3, 0.4) is 0 Å². The average Bonchev–Trinajstić information content (AvgIpc) is 2.37. The number of benzene rings is 1. The van der Waals surface area contributed by atoms with Gasteiger partial charge in [0.15, 0.2) is 0 Å². The van der Waals surface area contributed by atoms with Crippen LogP contribution in [0.15, 0.2) is 24.3 Å². The molecule has 1 saturated heterocycles.